The predicted octanol–water partition coefficient (Wildman–Crippen LogP) is 2.69. The van der Waals surface area contributed by atoms with Crippen LogP contribution in [0.3, 0.4) is 0 Å². The minimum absolute atomic E-state index is 0.190. The molecule has 0 saturated heterocycles. The standard InChI is InChI=1S/C20H22N2O5/c1-3-26-20(25)27-17-10-8-16(9-11-17)19(24)22-13-12-21-18(23)15-6-4-14(2)5-7-15/h4-11H,3,12-13H2,1-2H3,(H,21,23)(H,22,24). The lowest BCUT2D eigenvalue weighted by molar-refractivity contribution is 0.0927. The van der Waals surface area contributed by atoms with Gasteiger partial charge in [0.05, 0.1) is 6.61 Å². The van der Waals surface area contributed by atoms with Crippen molar-refractivity contribution in [2.24, 2.45) is 0 Å². The van der Waals surface area contributed by atoms with Crippen molar-refractivity contribution in [2.75, 3.05) is 19.7 Å². The van der Waals surface area contributed by atoms with Crippen LogP contribution in [-0.4, -0.2) is 37.7 Å². The van der Waals surface area contributed by atoms with E-state index in [1.807, 2.05) is 19.1 Å². The van der Waals surface area contributed by atoms with Crippen LogP contribution in [0.25, 0.3) is 0 Å². The first-order valence-corrected chi connectivity index (χ1v) is 8.57. The molecule has 0 aliphatic carbocycles. The molecule has 2 aromatic carbocycles. The summed E-state index contributed by atoms with van der Waals surface area (Å²) in [6.45, 7) is 4.45. The van der Waals surface area contributed by atoms with Crippen molar-refractivity contribution in [1.82, 2.24) is 10.6 Å². The summed E-state index contributed by atoms with van der Waals surface area (Å²) in [7, 11) is 0. The first-order valence-electron chi connectivity index (χ1n) is 8.57. The van der Waals surface area contributed by atoms with Crippen LogP contribution in [0, 0.1) is 6.92 Å². The average molecular weight is 370 g/mol. The van der Waals surface area contributed by atoms with Crippen molar-refractivity contribution in [1.29, 1.82) is 0 Å². The second-order valence-electron chi connectivity index (χ2n) is 5.69. The van der Waals surface area contributed by atoms with Gasteiger partial charge in [-0.1, -0.05) is 17.7 Å². The average Bonchev–Trinajstić information content (AvgIpc) is 2.66. The van der Waals surface area contributed by atoms with E-state index in [4.69, 9.17) is 4.74 Å². The fourth-order valence-corrected chi connectivity index (χ4v) is 2.18. The van der Waals surface area contributed by atoms with Crippen molar-refractivity contribution in [2.45, 2.75) is 13.8 Å². The van der Waals surface area contributed by atoms with E-state index in [9.17, 15) is 14.4 Å². The Hall–Kier alpha value is -3.35. The normalized spacial score (nSPS) is 10.0. The lowest BCUT2D eigenvalue weighted by Crippen LogP contribution is -2.34. The molecular weight excluding hydrogens is 348 g/mol. The Morgan fingerprint density at radius 1 is 0.815 bits per heavy atom. The summed E-state index contributed by atoms with van der Waals surface area (Å²) in [5.74, 6) is -0.192. The molecule has 7 nitrogen and oxygen atoms in total. The van der Waals surface area contributed by atoms with Gasteiger partial charge >= 0.3 is 6.16 Å². The SMILES string of the molecule is CCOC(=O)Oc1ccc(C(=O)NCCNC(=O)c2ccc(C)cc2)cc1. The quantitative estimate of drug-likeness (QED) is 0.444. The Morgan fingerprint density at radius 2 is 1.30 bits per heavy atom. The highest BCUT2D eigenvalue weighted by Crippen LogP contribution is 2.13. The van der Waals surface area contributed by atoms with Gasteiger partial charge in [0.25, 0.3) is 11.8 Å². The summed E-state index contributed by atoms with van der Waals surface area (Å²) in [6, 6.07) is 13.3. The predicted molar refractivity (Wildman–Crippen MR) is 99.9 cm³/mol. The van der Waals surface area contributed by atoms with Gasteiger partial charge in [-0.25, -0.2) is 4.79 Å². The molecule has 2 aromatic rings. The van der Waals surface area contributed by atoms with Gasteiger partial charge in [0.1, 0.15) is 5.75 Å². The number of aryl methyl sites for hydroxylation is 1. The van der Waals surface area contributed by atoms with E-state index in [-0.39, 0.29) is 30.7 Å². The molecule has 2 N–H and O–H groups in total. The molecule has 0 aliphatic heterocycles. The highest BCUT2D eigenvalue weighted by Gasteiger charge is 2.09. The molecule has 27 heavy (non-hydrogen) atoms. The summed E-state index contributed by atoms with van der Waals surface area (Å²) >= 11 is 0. The van der Waals surface area contributed by atoms with Gasteiger partial charge < -0.3 is 20.1 Å². The van der Waals surface area contributed by atoms with Crippen molar-refractivity contribution in [3.63, 3.8) is 0 Å². The van der Waals surface area contributed by atoms with Gasteiger partial charge in [-0.2, -0.15) is 0 Å². The van der Waals surface area contributed by atoms with Crippen LogP contribution >= 0.6 is 0 Å². The smallest absolute Gasteiger partial charge is 0.434 e. The van der Waals surface area contributed by atoms with E-state index in [1.54, 1.807) is 19.1 Å². The summed E-state index contributed by atoms with van der Waals surface area (Å²) < 4.78 is 9.59. The maximum Gasteiger partial charge on any atom is 0.513 e. The molecule has 0 unspecified atom stereocenters. The molecule has 0 aliphatic rings. The summed E-state index contributed by atoms with van der Waals surface area (Å²) in [6.07, 6.45) is -0.793. The van der Waals surface area contributed by atoms with E-state index in [0.717, 1.165) is 5.56 Å². The van der Waals surface area contributed by atoms with Crippen LogP contribution in [0.2, 0.25) is 0 Å². The van der Waals surface area contributed by atoms with E-state index in [2.05, 4.69) is 15.4 Å². The molecule has 0 spiro atoms. The molecule has 7 heteroatoms. The largest absolute Gasteiger partial charge is 0.513 e. The minimum atomic E-state index is -0.793. The van der Waals surface area contributed by atoms with Gasteiger partial charge in [-0.15, -0.1) is 0 Å². The number of rotatable bonds is 7. The summed E-state index contributed by atoms with van der Waals surface area (Å²) in [5, 5.41) is 5.45. The zero-order valence-corrected chi connectivity index (χ0v) is 15.3. The maximum atomic E-state index is 12.1. The minimum Gasteiger partial charge on any atom is -0.434 e. The lowest BCUT2D eigenvalue weighted by Gasteiger charge is -2.08. The lowest BCUT2D eigenvalue weighted by atomic mass is 10.1. The van der Waals surface area contributed by atoms with Crippen molar-refractivity contribution in [3.8, 4) is 5.75 Å². The summed E-state index contributed by atoms with van der Waals surface area (Å²) in [5.41, 5.74) is 2.07. The van der Waals surface area contributed by atoms with Gasteiger partial charge in [-0.3, -0.25) is 9.59 Å². The Labute approximate surface area is 157 Å². The molecule has 0 fully saturated rings. The third kappa shape index (κ3) is 6.47. The number of ether oxygens (including phenoxy) is 2. The molecule has 2 rings (SSSR count). The van der Waals surface area contributed by atoms with Crippen molar-refractivity contribution < 1.29 is 23.9 Å². The highest BCUT2D eigenvalue weighted by atomic mass is 16.7. The van der Waals surface area contributed by atoms with Crippen LogP contribution in [0.1, 0.15) is 33.2 Å². The molecule has 0 bridgehead atoms. The fraction of sp³-hybridized carbons (Fsp3) is 0.250. The molecule has 0 atom stereocenters. The third-order valence-corrected chi connectivity index (χ3v) is 3.59. The number of hydrogen-bond acceptors (Lipinski definition) is 5. The number of nitrogens with one attached hydrogen (secondary N) is 2. The number of benzene rings is 2. The topological polar surface area (TPSA) is 93.7 Å². The number of hydrogen-bond donors (Lipinski definition) is 2. The van der Waals surface area contributed by atoms with E-state index < -0.39 is 6.16 Å². The zero-order valence-electron chi connectivity index (χ0n) is 15.3. The second kappa shape index (κ2) is 9.96. The molecule has 0 saturated carbocycles. The number of carbonyl (C=O) groups is 3. The Balaban J connectivity index is 1.74. The molecular formula is C20H22N2O5. The number of carbonyl (C=O) groups excluding carboxylic acids is 3. The van der Waals surface area contributed by atoms with Gasteiger partial charge in [-0.05, 0) is 50.2 Å². The van der Waals surface area contributed by atoms with E-state index >= 15 is 0 Å². The van der Waals surface area contributed by atoms with E-state index in [1.165, 1.54) is 24.3 Å². The highest BCUT2D eigenvalue weighted by molar-refractivity contribution is 5.95. The van der Waals surface area contributed by atoms with Crippen molar-refractivity contribution in [3.05, 3.63) is 65.2 Å². The van der Waals surface area contributed by atoms with Gasteiger partial charge in [0, 0.05) is 24.2 Å². The molecule has 0 radical (unpaired) electrons. The zero-order chi connectivity index (χ0) is 19.6. The van der Waals surface area contributed by atoms with Crippen molar-refractivity contribution >= 4 is 18.0 Å². The third-order valence-electron chi connectivity index (χ3n) is 3.59. The number of amides is 2. The molecule has 142 valence electrons. The van der Waals surface area contributed by atoms with Crippen LogP contribution in [0.15, 0.2) is 48.5 Å². The first-order chi connectivity index (χ1) is 13.0. The second-order valence-corrected chi connectivity index (χ2v) is 5.69. The van der Waals surface area contributed by atoms with Gasteiger partial charge in [0.2, 0.25) is 0 Å². The molecule has 0 heterocycles. The molecule has 2 amide bonds. The van der Waals surface area contributed by atoms with Crippen LogP contribution in [0.4, 0.5) is 4.79 Å². The summed E-state index contributed by atoms with van der Waals surface area (Å²) in [4.78, 5) is 35.3. The Bertz CT molecular complexity index is 785. The fourth-order valence-electron chi connectivity index (χ4n) is 2.18. The maximum absolute atomic E-state index is 12.1. The Morgan fingerprint density at radius 3 is 1.78 bits per heavy atom. The molecule has 0 aromatic heterocycles. The monoisotopic (exact) mass is 370 g/mol. The van der Waals surface area contributed by atoms with Crippen LogP contribution < -0.4 is 15.4 Å². The van der Waals surface area contributed by atoms with Crippen LogP contribution in [-0.2, 0) is 4.74 Å². The van der Waals surface area contributed by atoms with Gasteiger partial charge in [0.15, 0.2) is 0 Å². The first kappa shape index (κ1) is 20.0. The Kier molecular flexibility index (Phi) is 7.37. The van der Waals surface area contributed by atoms with Crippen LogP contribution in [0.5, 0.6) is 5.75 Å². The van der Waals surface area contributed by atoms with E-state index in [0.29, 0.717) is 17.7 Å².